The van der Waals surface area contributed by atoms with Gasteiger partial charge in [-0.1, -0.05) is 0 Å². The summed E-state index contributed by atoms with van der Waals surface area (Å²) in [6.45, 7) is 4.72. The molecule has 1 saturated heterocycles. The summed E-state index contributed by atoms with van der Waals surface area (Å²) in [5.74, 6) is 0.659. The van der Waals surface area contributed by atoms with E-state index in [1.165, 1.54) is 0 Å². The Morgan fingerprint density at radius 3 is 2.63 bits per heavy atom. The van der Waals surface area contributed by atoms with Crippen LogP contribution < -0.4 is 10.5 Å². The van der Waals surface area contributed by atoms with Crippen molar-refractivity contribution in [1.29, 1.82) is 5.26 Å². The highest BCUT2D eigenvalue weighted by molar-refractivity contribution is 5.49. The molecule has 3 heterocycles. The molecule has 8 heteroatoms. The van der Waals surface area contributed by atoms with Crippen molar-refractivity contribution < 1.29 is 0 Å². The van der Waals surface area contributed by atoms with Crippen molar-refractivity contribution in [3.8, 4) is 6.07 Å². The molecule has 27 heavy (non-hydrogen) atoms. The second kappa shape index (κ2) is 7.84. The van der Waals surface area contributed by atoms with Gasteiger partial charge in [-0.05, 0) is 31.2 Å². The van der Waals surface area contributed by atoms with Crippen molar-refractivity contribution in [3.63, 3.8) is 0 Å². The quantitative estimate of drug-likeness (QED) is 0.784. The van der Waals surface area contributed by atoms with Crippen LogP contribution in [0.1, 0.15) is 29.8 Å². The van der Waals surface area contributed by atoms with Crippen molar-refractivity contribution in [3.05, 3.63) is 45.8 Å². The van der Waals surface area contributed by atoms with Gasteiger partial charge in [0.25, 0.3) is 5.56 Å². The number of anilines is 1. The molecular formula is C19H23N7O. The van der Waals surface area contributed by atoms with Crippen molar-refractivity contribution >= 4 is 5.82 Å². The van der Waals surface area contributed by atoms with E-state index < -0.39 is 0 Å². The van der Waals surface area contributed by atoms with Gasteiger partial charge in [-0.15, -0.1) is 0 Å². The summed E-state index contributed by atoms with van der Waals surface area (Å²) < 4.78 is 1.62. The molecule has 0 unspecified atom stereocenters. The highest BCUT2D eigenvalue weighted by Gasteiger charge is 2.21. The standard InChI is InChI=1S/C19H23N7O/c20-14-17-19(22-6-5-21-17)25-10-7-24(8-11-25)9-12-26-18(27)13-15-3-1-2-4-16(15)23-26/h5-6,13H,1-4,7-12H2. The topological polar surface area (TPSA) is 90.9 Å². The molecule has 0 amide bonds. The molecule has 0 aromatic carbocycles. The van der Waals surface area contributed by atoms with Gasteiger partial charge >= 0.3 is 0 Å². The third kappa shape index (κ3) is 3.83. The molecule has 140 valence electrons. The zero-order valence-electron chi connectivity index (χ0n) is 15.3. The molecule has 4 rings (SSSR count). The molecule has 1 aliphatic carbocycles. The maximum atomic E-state index is 12.3. The summed E-state index contributed by atoms with van der Waals surface area (Å²) in [7, 11) is 0. The number of nitrogens with zero attached hydrogens (tertiary/aromatic N) is 7. The molecule has 8 nitrogen and oxygen atoms in total. The van der Waals surface area contributed by atoms with Gasteiger partial charge in [0.05, 0.1) is 12.2 Å². The molecule has 0 N–H and O–H groups in total. The fraction of sp³-hybridized carbons (Fsp3) is 0.526. The highest BCUT2D eigenvalue weighted by Crippen LogP contribution is 2.17. The van der Waals surface area contributed by atoms with Gasteiger partial charge in [-0.2, -0.15) is 10.4 Å². The van der Waals surface area contributed by atoms with Gasteiger partial charge in [-0.25, -0.2) is 14.6 Å². The van der Waals surface area contributed by atoms with Gasteiger partial charge in [0.15, 0.2) is 11.5 Å². The lowest BCUT2D eigenvalue weighted by Crippen LogP contribution is -2.48. The third-order valence-electron chi connectivity index (χ3n) is 5.36. The van der Waals surface area contributed by atoms with E-state index in [-0.39, 0.29) is 5.56 Å². The Morgan fingerprint density at radius 1 is 1.04 bits per heavy atom. The lowest BCUT2D eigenvalue weighted by molar-refractivity contribution is 0.241. The maximum Gasteiger partial charge on any atom is 0.267 e. The number of aryl methyl sites for hydroxylation is 2. The predicted molar refractivity (Wildman–Crippen MR) is 101 cm³/mol. The Bertz CT molecular complexity index is 909. The van der Waals surface area contributed by atoms with Gasteiger partial charge < -0.3 is 4.90 Å². The second-order valence-corrected chi connectivity index (χ2v) is 7.05. The van der Waals surface area contributed by atoms with Gasteiger partial charge in [0.1, 0.15) is 6.07 Å². The largest absolute Gasteiger partial charge is 0.352 e. The van der Waals surface area contributed by atoms with Gasteiger partial charge in [-0.3, -0.25) is 9.69 Å². The number of fused-ring (bicyclic) bond motifs is 1. The normalized spacial score (nSPS) is 17.4. The van der Waals surface area contributed by atoms with Crippen LogP contribution in [0.4, 0.5) is 5.82 Å². The monoisotopic (exact) mass is 365 g/mol. The summed E-state index contributed by atoms with van der Waals surface area (Å²) in [6.07, 6.45) is 7.44. The van der Waals surface area contributed by atoms with Crippen LogP contribution >= 0.6 is 0 Å². The molecule has 0 atom stereocenters. The van der Waals surface area contributed by atoms with Crippen LogP contribution in [0.5, 0.6) is 0 Å². The maximum absolute atomic E-state index is 12.3. The molecule has 2 aromatic heterocycles. The summed E-state index contributed by atoms with van der Waals surface area (Å²) in [5.41, 5.74) is 2.61. The Hall–Kier alpha value is -2.79. The number of piperazine rings is 1. The van der Waals surface area contributed by atoms with Gasteiger partial charge in [0.2, 0.25) is 0 Å². The average molecular weight is 365 g/mol. The first-order chi connectivity index (χ1) is 13.2. The van der Waals surface area contributed by atoms with Crippen LogP contribution in [0, 0.1) is 11.3 Å². The fourth-order valence-corrected chi connectivity index (χ4v) is 3.82. The van der Waals surface area contributed by atoms with Crippen LogP contribution in [-0.4, -0.2) is 57.4 Å². The molecule has 0 bridgehead atoms. The summed E-state index contributed by atoms with van der Waals surface area (Å²) in [4.78, 5) is 25.1. The van der Waals surface area contributed by atoms with E-state index in [2.05, 4.69) is 30.9 Å². The number of rotatable bonds is 4. The van der Waals surface area contributed by atoms with Gasteiger partial charge in [0, 0.05) is 51.2 Å². The van der Waals surface area contributed by atoms with Crippen molar-refractivity contribution in [2.75, 3.05) is 37.6 Å². The third-order valence-corrected chi connectivity index (χ3v) is 5.36. The number of aromatic nitrogens is 4. The summed E-state index contributed by atoms with van der Waals surface area (Å²) in [6, 6.07) is 3.88. The van der Waals surface area contributed by atoms with E-state index in [1.54, 1.807) is 23.1 Å². The van der Waals surface area contributed by atoms with Crippen molar-refractivity contribution in [2.45, 2.75) is 32.2 Å². The highest BCUT2D eigenvalue weighted by atomic mass is 16.1. The minimum absolute atomic E-state index is 0.00695. The van der Waals surface area contributed by atoms with E-state index in [0.717, 1.165) is 69.7 Å². The molecule has 2 aromatic rings. The molecule has 2 aliphatic rings. The molecule has 1 fully saturated rings. The fourth-order valence-electron chi connectivity index (χ4n) is 3.82. The lowest BCUT2D eigenvalue weighted by Gasteiger charge is -2.35. The first-order valence-corrected chi connectivity index (χ1v) is 9.53. The van der Waals surface area contributed by atoms with E-state index >= 15 is 0 Å². The first kappa shape index (κ1) is 17.6. The Labute approximate surface area is 158 Å². The first-order valence-electron chi connectivity index (χ1n) is 9.53. The van der Waals surface area contributed by atoms with E-state index in [1.807, 2.05) is 0 Å². The average Bonchev–Trinajstić information content (AvgIpc) is 2.72. The Morgan fingerprint density at radius 2 is 1.81 bits per heavy atom. The molecule has 0 radical (unpaired) electrons. The van der Waals surface area contributed by atoms with E-state index in [4.69, 9.17) is 0 Å². The number of hydrogen-bond donors (Lipinski definition) is 0. The van der Waals surface area contributed by atoms with Crippen LogP contribution in [0.15, 0.2) is 23.3 Å². The van der Waals surface area contributed by atoms with Crippen LogP contribution in [0.25, 0.3) is 0 Å². The van der Waals surface area contributed by atoms with E-state index in [9.17, 15) is 10.1 Å². The SMILES string of the molecule is N#Cc1nccnc1N1CCN(CCn2nc3c(cc2=O)CCCC3)CC1. The molecule has 1 aliphatic heterocycles. The minimum atomic E-state index is 0.00695. The van der Waals surface area contributed by atoms with E-state index in [0.29, 0.717) is 18.1 Å². The number of hydrogen-bond acceptors (Lipinski definition) is 7. The molecular weight excluding hydrogens is 342 g/mol. The Kier molecular flexibility index (Phi) is 5.12. The molecule has 0 saturated carbocycles. The predicted octanol–water partition coefficient (Wildman–Crippen LogP) is 0.606. The van der Waals surface area contributed by atoms with Crippen molar-refractivity contribution in [1.82, 2.24) is 24.6 Å². The Balaban J connectivity index is 1.35. The summed E-state index contributed by atoms with van der Waals surface area (Å²) >= 11 is 0. The zero-order chi connectivity index (χ0) is 18.6. The van der Waals surface area contributed by atoms with Crippen LogP contribution in [0.3, 0.4) is 0 Å². The molecule has 0 spiro atoms. The summed E-state index contributed by atoms with van der Waals surface area (Å²) in [5, 5.41) is 13.8. The smallest absolute Gasteiger partial charge is 0.267 e. The second-order valence-electron chi connectivity index (χ2n) is 7.05. The minimum Gasteiger partial charge on any atom is -0.352 e. The van der Waals surface area contributed by atoms with Crippen LogP contribution in [-0.2, 0) is 19.4 Å². The zero-order valence-corrected chi connectivity index (χ0v) is 15.3. The van der Waals surface area contributed by atoms with Crippen molar-refractivity contribution in [2.24, 2.45) is 0 Å². The van der Waals surface area contributed by atoms with Crippen LogP contribution in [0.2, 0.25) is 0 Å². The lowest BCUT2D eigenvalue weighted by atomic mass is 9.97. The number of nitriles is 1.